The third-order valence-electron chi connectivity index (χ3n) is 2.03. The van der Waals surface area contributed by atoms with Crippen molar-refractivity contribution in [1.82, 2.24) is 10.2 Å². The van der Waals surface area contributed by atoms with Crippen molar-refractivity contribution >= 4 is 17.9 Å². The Morgan fingerprint density at radius 2 is 2.14 bits per heavy atom. The first-order valence-electron chi connectivity index (χ1n) is 4.17. The lowest BCUT2D eigenvalue weighted by Gasteiger charge is -2.31. The van der Waals surface area contributed by atoms with Gasteiger partial charge in [-0.25, -0.2) is 4.79 Å². The smallest absolute Gasteiger partial charge is 0.325 e. The highest BCUT2D eigenvalue weighted by Gasteiger charge is 2.41. The zero-order valence-electron chi connectivity index (χ0n) is 8.03. The summed E-state index contributed by atoms with van der Waals surface area (Å²) in [6.45, 7) is 3.04. The lowest BCUT2D eigenvalue weighted by molar-refractivity contribution is -0.140. The van der Waals surface area contributed by atoms with Gasteiger partial charge in [-0.2, -0.15) is 0 Å². The molecule has 0 aromatic rings. The first-order chi connectivity index (χ1) is 6.34. The minimum Gasteiger partial charge on any atom is -0.481 e. The third kappa shape index (κ3) is 1.84. The summed E-state index contributed by atoms with van der Waals surface area (Å²) in [5, 5.41) is 11.0. The van der Waals surface area contributed by atoms with Gasteiger partial charge >= 0.3 is 12.0 Å². The molecule has 14 heavy (non-hydrogen) atoms. The average molecular weight is 200 g/mol. The number of amides is 3. The van der Waals surface area contributed by atoms with Crippen molar-refractivity contribution in [3.8, 4) is 0 Å². The maximum absolute atomic E-state index is 11.3. The molecule has 0 radical (unpaired) electrons. The number of carboxylic acids is 1. The summed E-state index contributed by atoms with van der Waals surface area (Å²) in [7, 11) is 0. The second-order valence-corrected chi connectivity index (χ2v) is 3.77. The summed E-state index contributed by atoms with van der Waals surface area (Å²) in [6, 6.07) is -0.527. The van der Waals surface area contributed by atoms with Crippen LogP contribution in [0.3, 0.4) is 0 Å². The fourth-order valence-electron chi connectivity index (χ4n) is 1.48. The Morgan fingerprint density at radius 1 is 1.57 bits per heavy atom. The maximum Gasteiger partial charge on any atom is 0.325 e. The summed E-state index contributed by atoms with van der Waals surface area (Å²) in [6.07, 6.45) is -0.258. The van der Waals surface area contributed by atoms with E-state index in [4.69, 9.17) is 5.11 Å². The van der Waals surface area contributed by atoms with Crippen molar-refractivity contribution in [3.63, 3.8) is 0 Å². The molecule has 78 valence electrons. The van der Waals surface area contributed by atoms with E-state index in [1.54, 1.807) is 13.8 Å². The van der Waals surface area contributed by atoms with Crippen LogP contribution in [0.25, 0.3) is 0 Å². The molecule has 0 saturated carbocycles. The number of carboxylic acid groups (broad SMARTS) is 1. The van der Waals surface area contributed by atoms with Crippen molar-refractivity contribution < 1.29 is 19.5 Å². The van der Waals surface area contributed by atoms with E-state index in [1.165, 1.54) is 0 Å². The maximum atomic E-state index is 11.3. The number of carbonyl (C=O) groups excluding carboxylic acids is 2. The van der Waals surface area contributed by atoms with Gasteiger partial charge in [0.15, 0.2) is 0 Å². The molecule has 2 N–H and O–H groups in total. The number of rotatable bonds is 3. The number of imide groups is 1. The predicted molar refractivity (Wildman–Crippen MR) is 46.6 cm³/mol. The molecule has 1 aliphatic rings. The highest BCUT2D eigenvalue weighted by atomic mass is 16.4. The molecule has 1 heterocycles. The Balaban J connectivity index is 2.85. The summed E-state index contributed by atoms with van der Waals surface area (Å²) in [5.74, 6) is -1.43. The molecule has 0 unspecified atom stereocenters. The van der Waals surface area contributed by atoms with E-state index in [0.29, 0.717) is 0 Å². The van der Waals surface area contributed by atoms with Crippen LogP contribution in [0.1, 0.15) is 20.3 Å². The molecule has 1 rings (SSSR count). The van der Waals surface area contributed by atoms with Crippen LogP contribution in [-0.4, -0.2) is 40.0 Å². The summed E-state index contributed by atoms with van der Waals surface area (Å²) in [4.78, 5) is 34.0. The van der Waals surface area contributed by atoms with Crippen LogP contribution < -0.4 is 5.32 Å². The van der Waals surface area contributed by atoms with Crippen molar-refractivity contribution in [2.24, 2.45) is 0 Å². The number of hydrogen-bond acceptors (Lipinski definition) is 3. The standard InChI is InChI=1S/C8H12N2O4/c1-8(2,3-6(12)13)10-5(11)4-9-7(10)14/h3-4H2,1-2H3,(H,9,14)(H,12,13). The molecule has 0 spiro atoms. The number of urea groups is 1. The predicted octanol–water partition coefficient (Wildman–Crippen LogP) is -0.209. The zero-order valence-corrected chi connectivity index (χ0v) is 8.03. The van der Waals surface area contributed by atoms with Crippen LogP contribution in [0.15, 0.2) is 0 Å². The van der Waals surface area contributed by atoms with Gasteiger partial charge in [0.05, 0.1) is 18.5 Å². The van der Waals surface area contributed by atoms with E-state index in [1.807, 2.05) is 0 Å². The molecule has 1 fully saturated rings. The van der Waals surface area contributed by atoms with Gasteiger partial charge in [-0.05, 0) is 13.8 Å². The van der Waals surface area contributed by atoms with E-state index in [-0.39, 0.29) is 18.9 Å². The van der Waals surface area contributed by atoms with Gasteiger partial charge in [0.25, 0.3) is 5.91 Å². The molecule has 0 aromatic heterocycles. The van der Waals surface area contributed by atoms with Gasteiger partial charge in [0, 0.05) is 0 Å². The number of carbonyl (C=O) groups is 3. The van der Waals surface area contributed by atoms with Crippen LogP contribution in [0, 0.1) is 0 Å². The molecule has 6 nitrogen and oxygen atoms in total. The van der Waals surface area contributed by atoms with E-state index in [9.17, 15) is 14.4 Å². The Hall–Kier alpha value is -1.59. The van der Waals surface area contributed by atoms with E-state index in [0.717, 1.165) is 4.90 Å². The fraction of sp³-hybridized carbons (Fsp3) is 0.625. The highest BCUT2D eigenvalue weighted by Crippen LogP contribution is 2.21. The molecule has 0 atom stereocenters. The Morgan fingerprint density at radius 3 is 2.50 bits per heavy atom. The topological polar surface area (TPSA) is 86.7 Å². The van der Waals surface area contributed by atoms with Crippen molar-refractivity contribution in [1.29, 1.82) is 0 Å². The van der Waals surface area contributed by atoms with Crippen LogP contribution in [0.2, 0.25) is 0 Å². The Bertz CT molecular complexity index is 282. The summed E-state index contributed by atoms with van der Waals surface area (Å²) >= 11 is 0. The third-order valence-corrected chi connectivity index (χ3v) is 2.03. The molecular formula is C8H12N2O4. The molecule has 0 aromatic carbocycles. The highest BCUT2D eigenvalue weighted by molar-refractivity contribution is 6.03. The lowest BCUT2D eigenvalue weighted by atomic mass is 9.99. The number of aliphatic carboxylic acids is 1. The van der Waals surface area contributed by atoms with Crippen LogP contribution >= 0.6 is 0 Å². The molecule has 1 saturated heterocycles. The van der Waals surface area contributed by atoms with Gasteiger partial charge in [-0.3, -0.25) is 14.5 Å². The van der Waals surface area contributed by atoms with Gasteiger partial charge in [0.1, 0.15) is 0 Å². The quantitative estimate of drug-likeness (QED) is 0.617. The minimum absolute atomic E-state index is 0.0537. The van der Waals surface area contributed by atoms with Crippen LogP contribution in [0.5, 0.6) is 0 Å². The normalized spacial score (nSPS) is 17.1. The van der Waals surface area contributed by atoms with Gasteiger partial charge in [-0.15, -0.1) is 0 Å². The van der Waals surface area contributed by atoms with Gasteiger partial charge in [0.2, 0.25) is 0 Å². The Labute approximate surface area is 80.9 Å². The van der Waals surface area contributed by atoms with Crippen molar-refractivity contribution in [2.75, 3.05) is 6.54 Å². The molecule has 1 aliphatic heterocycles. The SMILES string of the molecule is CC(C)(CC(=O)O)N1C(=O)CNC1=O. The largest absolute Gasteiger partial charge is 0.481 e. The lowest BCUT2D eigenvalue weighted by Crippen LogP contribution is -2.49. The molecular weight excluding hydrogens is 188 g/mol. The van der Waals surface area contributed by atoms with Crippen molar-refractivity contribution in [3.05, 3.63) is 0 Å². The van der Waals surface area contributed by atoms with Crippen LogP contribution in [0.4, 0.5) is 4.79 Å². The molecule has 0 aliphatic carbocycles. The molecule has 6 heteroatoms. The van der Waals surface area contributed by atoms with Gasteiger partial charge < -0.3 is 10.4 Å². The fourth-order valence-corrected chi connectivity index (χ4v) is 1.48. The minimum atomic E-state index is -1.04. The van der Waals surface area contributed by atoms with E-state index >= 15 is 0 Å². The number of hydrogen-bond donors (Lipinski definition) is 2. The summed E-state index contributed by atoms with van der Waals surface area (Å²) < 4.78 is 0. The summed E-state index contributed by atoms with van der Waals surface area (Å²) in [5.41, 5.74) is -0.983. The van der Waals surface area contributed by atoms with E-state index < -0.39 is 17.5 Å². The van der Waals surface area contributed by atoms with E-state index in [2.05, 4.69) is 5.32 Å². The monoisotopic (exact) mass is 200 g/mol. The van der Waals surface area contributed by atoms with Crippen molar-refractivity contribution in [2.45, 2.75) is 25.8 Å². The number of nitrogens with zero attached hydrogens (tertiary/aromatic N) is 1. The molecule has 0 bridgehead atoms. The second-order valence-electron chi connectivity index (χ2n) is 3.77. The zero-order chi connectivity index (χ0) is 10.9. The molecule has 3 amide bonds. The first-order valence-corrected chi connectivity index (χ1v) is 4.17. The number of nitrogens with one attached hydrogen (secondary N) is 1. The second kappa shape index (κ2) is 3.28. The first kappa shape index (κ1) is 10.5. The van der Waals surface area contributed by atoms with Crippen LogP contribution in [-0.2, 0) is 9.59 Å². The Kier molecular flexibility index (Phi) is 2.46. The average Bonchev–Trinajstić information content (AvgIpc) is 2.27. The van der Waals surface area contributed by atoms with Gasteiger partial charge in [-0.1, -0.05) is 0 Å².